The molecule has 0 aromatic carbocycles. The number of likely N-dealkylation sites (tertiary alicyclic amines) is 1. The normalized spacial score (nSPS) is 22.9. The number of hydrogen-bond donors (Lipinski definition) is 2. The number of aliphatic carboxylic acids is 1. The van der Waals surface area contributed by atoms with Crippen molar-refractivity contribution in [3.05, 3.63) is 30.1 Å². The van der Waals surface area contributed by atoms with Crippen molar-refractivity contribution in [3.8, 4) is 0 Å². The van der Waals surface area contributed by atoms with Gasteiger partial charge in [-0.3, -0.25) is 9.78 Å². The number of aromatic nitrogens is 1. The topological polar surface area (TPSA) is 82.5 Å². The molecule has 2 rings (SSSR count). The third kappa shape index (κ3) is 3.15. The maximum Gasteiger partial charge on any atom is 0.317 e. The number of pyridine rings is 1. The molecule has 2 atom stereocenters. The molecule has 2 N–H and O–H groups in total. The number of carboxylic acid groups (broad SMARTS) is 1. The molecule has 0 spiro atoms. The van der Waals surface area contributed by atoms with Crippen molar-refractivity contribution < 1.29 is 14.7 Å². The Morgan fingerprint density at radius 1 is 1.48 bits per heavy atom. The average molecular weight is 291 g/mol. The number of nitrogens with zero attached hydrogens (tertiary/aromatic N) is 2. The Balaban J connectivity index is 1.98. The zero-order valence-electron chi connectivity index (χ0n) is 12.4. The van der Waals surface area contributed by atoms with Crippen LogP contribution in [-0.4, -0.2) is 40.1 Å². The van der Waals surface area contributed by atoms with E-state index in [9.17, 15) is 14.7 Å². The zero-order valence-corrected chi connectivity index (χ0v) is 12.4. The van der Waals surface area contributed by atoms with Gasteiger partial charge in [0.25, 0.3) is 0 Å². The minimum atomic E-state index is -0.817. The van der Waals surface area contributed by atoms with Crippen LogP contribution in [0.5, 0.6) is 0 Å². The van der Waals surface area contributed by atoms with Gasteiger partial charge in [0.15, 0.2) is 0 Å². The first-order valence-corrected chi connectivity index (χ1v) is 7.17. The summed E-state index contributed by atoms with van der Waals surface area (Å²) in [7, 11) is 0. The maximum absolute atomic E-state index is 12.3. The van der Waals surface area contributed by atoms with Gasteiger partial charge in [-0.15, -0.1) is 0 Å². The van der Waals surface area contributed by atoms with Crippen molar-refractivity contribution in [1.82, 2.24) is 15.2 Å². The van der Waals surface area contributed by atoms with Gasteiger partial charge in [-0.25, -0.2) is 4.79 Å². The molecule has 6 heteroatoms. The average Bonchev–Trinajstić information content (AvgIpc) is 2.94. The maximum atomic E-state index is 12.3. The summed E-state index contributed by atoms with van der Waals surface area (Å²) in [5.41, 5.74) is 0.176. The Morgan fingerprint density at radius 2 is 2.14 bits per heavy atom. The monoisotopic (exact) mass is 291 g/mol. The van der Waals surface area contributed by atoms with Gasteiger partial charge < -0.3 is 15.3 Å². The van der Waals surface area contributed by atoms with E-state index in [1.807, 2.05) is 26.0 Å². The zero-order chi connectivity index (χ0) is 15.5. The molecule has 0 radical (unpaired) electrons. The van der Waals surface area contributed by atoms with Crippen LogP contribution in [0.3, 0.4) is 0 Å². The number of urea groups is 1. The summed E-state index contributed by atoms with van der Waals surface area (Å²) < 4.78 is 0. The van der Waals surface area contributed by atoms with Crippen LogP contribution in [0.15, 0.2) is 24.5 Å². The Bertz CT molecular complexity index is 520. The molecule has 1 aromatic heterocycles. The van der Waals surface area contributed by atoms with E-state index in [1.165, 1.54) is 0 Å². The van der Waals surface area contributed by atoms with Crippen LogP contribution in [-0.2, 0) is 4.79 Å². The minimum Gasteiger partial charge on any atom is -0.481 e. The van der Waals surface area contributed by atoms with Crippen LogP contribution in [0.2, 0.25) is 0 Å². The quantitative estimate of drug-likeness (QED) is 0.889. The lowest BCUT2D eigenvalue weighted by molar-refractivity contribution is -0.148. The summed E-state index contributed by atoms with van der Waals surface area (Å²) >= 11 is 0. The third-order valence-electron chi connectivity index (χ3n) is 4.32. The van der Waals surface area contributed by atoms with Crippen molar-refractivity contribution >= 4 is 12.0 Å². The smallest absolute Gasteiger partial charge is 0.317 e. The Labute approximate surface area is 124 Å². The molecule has 2 heterocycles. The van der Waals surface area contributed by atoms with Crippen LogP contribution in [0.1, 0.15) is 38.3 Å². The predicted molar refractivity (Wildman–Crippen MR) is 77.7 cm³/mol. The molecule has 6 nitrogen and oxygen atoms in total. The molecule has 1 aromatic rings. The van der Waals surface area contributed by atoms with E-state index in [0.717, 1.165) is 5.56 Å². The van der Waals surface area contributed by atoms with Gasteiger partial charge >= 0.3 is 12.0 Å². The van der Waals surface area contributed by atoms with Crippen molar-refractivity contribution in [2.24, 2.45) is 5.41 Å². The van der Waals surface area contributed by atoms with Crippen LogP contribution in [0.4, 0.5) is 4.79 Å². The molecule has 0 saturated carbocycles. The van der Waals surface area contributed by atoms with E-state index in [-0.39, 0.29) is 18.6 Å². The highest BCUT2D eigenvalue weighted by Gasteiger charge is 2.44. The highest BCUT2D eigenvalue weighted by atomic mass is 16.4. The first-order valence-electron chi connectivity index (χ1n) is 7.17. The van der Waals surface area contributed by atoms with Crippen LogP contribution in [0.25, 0.3) is 0 Å². The molecule has 1 aliphatic heterocycles. The summed E-state index contributed by atoms with van der Waals surface area (Å²) in [5.74, 6) is -0.817. The summed E-state index contributed by atoms with van der Waals surface area (Å²) in [4.78, 5) is 29.2. The number of nitrogens with one attached hydrogen (secondary N) is 1. The van der Waals surface area contributed by atoms with Crippen LogP contribution < -0.4 is 5.32 Å². The number of amides is 2. The summed E-state index contributed by atoms with van der Waals surface area (Å²) in [6.45, 7) is 4.51. The van der Waals surface area contributed by atoms with Gasteiger partial charge in [0.1, 0.15) is 0 Å². The van der Waals surface area contributed by atoms with Crippen molar-refractivity contribution in [1.29, 1.82) is 0 Å². The van der Waals surface area contributed by atoms with Gasteiger partial charge in [0.2, 0.25) is 0 Å². The number of carbonyl (C=O) groups excluding carboxylic acids is 1. The standard InChI is InChI=1S/C15H21N3O3/c1-3-15(13(19)20)6-9-18(10-15)14(21)17-11(2)12-4-7-16-8-5-12/h4-5,7-8,11H,3,6,9-10H2,1-2H3,(H,17,21)(H,19,20). The van der Waals surface area contributed by atoms with E-state index in [2.05, 4.69) is 10.3 Å². The molecule has 2 unspecified atom stereocenters. The van der Waals surface area contributed by atoms with Crippen LogP contribution in [0, 0.1) is 5.41 Å². The lowest BCUT2D eigenvalue weighted by atomic mass is 9.84. The molecule has 114 valence electrons. The number of carboxylic acids is 1. The lowest BCUT2D eigenvalue weighted by Crippen LogP contribution is -2.42. The van der Waals surface area contributed by atoms with Gasteiger partial charge in [0, 0.05) is 25.5 Å². The minimum absolute atomic E-state index is 0.137. The Morgan fingerprint density at radius 3 is 2.67 bits per heavy atom. The predicted octanol–water partition coefficient (Wildman–Crippen LogP) is 2.04. The van der Waals surface area contributed by atoms with Gasteiger partial charge in [-0.05, 0) is 37.5 Å². The van der Waals surface area contributed by atoms with Gasteiger partial charge in [-0.1, -0.05) is 6.92 Å². The summed E-state index contributed by atoms with van der Waals surface area (Å²) in [5, 5.41) is 12.3. The van der Waals surface area contributed by atoms with E-state index in [4.69, 9.17) is 0 Å². The van der Waals surface area contributed by atoms with Gasteiger partial charge in [0.05, 0.1) is 11.5 Å². The molecule has 0 aliphatic carbocycles. The molecule has 1 aliphatic rings. The highest BCUT2D eigenvalue weighted by Crippen LogP contribution is 2.34. The molecule has 21 heavy (non-hydrogen) atoms. The SMILES string of the molecule is CCC1(C(=O)O)CCN(C(=O)NC(C)c2ccncc2)C1. The summed E-state index contributed by atoms with van der Waals surface area (Å²) in [6.07, 6.45) is 4.41. The second kappa shape index (κ2) is 6.11. The van der Waals surface area contributed by atoms with E-state index in [0.29, 0.717) is 19.4 Å². The second-order valence-corrected chi connectivity index (χ2v) is 5.56. The van der Waals surface area contributed by atoms with Crippen LogP contribution >= 0.6 is 0 Å². The fraction of sp³-hybridized carbons (Fsp3) is 0.533. The molecule has 1 fully saturated rings. The summed E-state index contributed by atoms with van der Waals surface area (Å²) in [6, 6.07) is 3.35. The lowest BCUT2D eigenvalue weighted by Gasteiger charge is -2.24. The molecule has 0 bridgehead atoms. The number of hydrogen-bond acceptors (Lipinski definition) is 3. The van der Waals surface area contributed by atoms with Crippen molar-refractivity contribution in [2.75, 3.05) is 13.1 Å². The Hall–Kier alpha value is -2.11. The van der Waals surface area contributed by atoms with E-state index in [1.54, 1.807) is 17.3 Å². The molecule has 2 amide bonds. The number of rotatable bonds is 4. The molecular formula is C15H21N3O3. The first-order chi connectivity index (χ1) is 9.98. The van der Waals surface area contributed by atoms with Gasteiger partial charge in [-0.2, -0.15) is 0 Å². The highest BCUT2D eigenvalue weighted by molar-refractivity contribution is 5.80. The van der Waals surface area contributed by atoms with Crippen molar-refractivity contribution in [2.45, 2.75) is 32.7 Å². The fourth-order valence-corrected chi connectivity index (χ4v) is 2.67. The molecule has 1 saturated heterocycles. The van der Waals surface area contributed by atoms with Crippen molar-refractivity contribution in [3.63, 3.8) is 0 Å². The number of carbonyl (C=O) groups is 2. The molecular weight excluding hydrogens is 270 g/mol. The Kier molecular flexibility index (Phi) is 4.45. The van der Waals surface area contributed by atoms with E-state index < -0.39 is 11.4 Å². The largest absolute Gasteiger partial charge is 0.481 e. The fourth-order valence-electron chi connectivity index (χ4n) is 2.67. The van der Waals surface area contributed by atoms with E-state index >= 15 is 0 Å². The first kappa shape index (κ1) is 15.3. The second-order valence-electron chi connectivity index (χ2n) is 5.56. The third-order valence-corrected chi connectivity index (χ3v) is 4.32.